The number of allylic oxidation sites excluding steroid dienone is 2. The molecule has 0 heterocycles. The lowest BCUT2D eigenvalue weighted by molar-refractivity contribution is -0.162. The molecule has 4 heteroatoms. The van der Waals surface area contributed by atoms with E-state index in [1.165, 1.54) is 0 Å². The third-order valence-electron chi connectivity index (χ3n) is 4.60. The summed E-state index contributed by atoms with van der Waals surface area (Å²) in [5, 5.41) is 9.34. The lowest BCUT2D eigenvalue weighted by atomic mass is 9.59. The molecule has 0 aromatic rings. The number of primary amides is 1. The third-order valence-corrected chi connectivity index (χ3v) is 4.60. The number of fused-ring (bicyclic) bond motifs is 2. The Hall–Kier alpha value is -1.32. The molecule has 0 spiro atoms. The molecule has 2 aliphatic carbocycles. The summed E-state index contributed by atoms with van der Waals surface area (Å²) in [7, 11) is 0. The summed E-state index contributed by atoms with van der Waals surface area (Å²) in [6, 6.07) is 0. The zero-order chi connectivity index (χ0) is 11.4. The highest BCUT2D eigenvalue weighted by Crippen LogP contribution is 2.63. The van der Waals surface area contributed by atoms with E-state index in [4.69, 9.17) is 5.73 Å². The van der Waals surface area contributed by atoms with Crippen LogP contribution in [0.5, 0.6) is 0 Å². The van der Waals surface area contributed by atoms with Crippen molar-refractivity contribution in [1.82, 2.24) is 0 Å². The normalized spacial score (nSPS) is 47.1. The van der Waals surface area contributed by atoms with Gasteiger partial charge in [0.1, 0.15) is 0 Å². The number of hydrogen-bond acceptors (Lipinski definition) is 2. The molecule has 4 nitrogen and oxygen atoms in total. The van der Waals surface area contributed by atoms with Crippen molar-refractivity contribution in [3.63, 3.8) is 0 Å². The molecule has 0 aromatic carbocycles. The van der Waals surface area contributed by atoms with Gasteiger partial charge < -0.3 is 10.8 Å². The number of carbonyl (C=O) groups is 2. The minimum absolute atomic E-state index is 0.0268. The van der Waals surface area contributed by atoms with E-state index < -0.39 is 22.7 Å². The molecular formula is C11H15NO3. The molecule has 1 fully saturated rings. The van der Waals surface area contributed by atoms with E-state index in [2.05, 4.69) is 0 Å². The molecule has 0 radical (unpaired) electrons. The van der Waals surface area contributed by atoms with Crippen molar-refractivity contribution < 1.29 is 14.7 Å². The number of amides is 1. The van der Waals surface area contributed by atoms with Gasteiger partial charge in [-0.05, 0) is 32.1 Å². The zero-order valence-corrected chi connectivity index (χ0v) is 8.86. The van der Waals surface area contributed by atoms with Gasteiger partial charge in [0.15, 0.2) is 0 Å². The SMILES string of the molecule is CC1(C(N)=O)C2C=CC(C2)C1(C)C(=O)O. The fraction of sp³-hybridized carbons (Fsp3) is 0.636. The predicted molar refractivity (Wildman–Crippen MR) is 53.8 cm³/mol. The summed E-state index contributed by atoms with van der Waals surface area (Å²) in [5.74, 6) is -1.54. The zero-order valence-electron chi connectivity index (χ0n) is 8.86. The van der Waals surface area contributed by atoms with Crippen LogP contribution in [0.4, 0.5) is 0 Å². The molecule has 2 rings (SSSR count). The van der Waals surface area contributed by atoms with Crippen molar-refractivity contribution in [2.45, 2.75) is 20.3 Å². The number of carbonyl (C=O) groups excluding carboxylic acids is 1. The monoisotopic (exact) mass is 209 g/mol. The molecule has 3 N–H and O–H groups in total. The Morgan fingerprint density at radius 3 is 2.07 bits per heavy atom. The Balaban J connectivity index is 2.59. The van der Waals surface area contributed by atoms with Gasteiger partial charge in [0.2, 0.25) is 5.91 Å². The van der Waals surface area contributed by atoms with Gasteiger partial charge in [-0.3, -0.25) is 9.59 Å². The van der Waals surface area contributed by atoms with Crippen LogP contribution < -0.4 is 5.73 Å². The number of nitrogens with two attached hydrogens (primary N) is 1. The molecule has 0 aromatic heterocycles. The number of carboxylic acids is 1. The molecule has 0 aliphatic heterocycles. The molecule has 1 saturated carbocycles. The minimum Gasteiger partial charge on any atom is -0.481 e. The van der Waals surface area contributed by atoms with Crippen molar-refractivity contribution in [3.8, 4) is 0 Å². The van der Waals surface area contributed by atoms with Crippen LogP contribution in [0.15, 0.2) is 12.2 Å². The van der Waals surface area contributed by atoms with Crippen LogP contribution in [0.25, 0.3) is 0 Å². The average molecular weight is 209 g/mol. The molecule has 1 amide bonds. The fourth-order valence-electron chi connectivity index (χ4n) is 3.14. The molecule has 4 atom stereocenters. The summed E-state index contributed by atoms with van der Waals surface area (Å²) >= 11 is 0. The van der Waals surface area contributed by atoms with E-state index in [0.717, 1.165) is 6.42 Å². The Morgan fingerprint density at radius 1 is 1.27 bits per heavy atom. The van der Waals surface area contributed by atoms with Crippen molar-refractivity contribution in [2.24, 2.45) is 28.4 Å². The first kappa shape index (κ1) is 10.2. The van der Waals surface area contributed by atoms with E-state index in [0.29, 0.717) is 0 Å². The van der Waals surface area contributed by atoms with Crippen LogP contribution in [0.3, 0.4) is 0 Å². The van der Waals surface area contributed by atoms with E-state index in [9.17, 15) is 14.7 Å². The van der Waals surface area contributed by atoms with Crippen molar-refractivity contribution in [3.05, 3.63) is 12.2 Å². The van der Waals surface area contributed by atoms with Gasteiger partial charge in [-0.2, -0.15) is 0 Å². The van der Waals surface area contributed by atoms with Crippen molar-refractivity contribution in [2.75, 3.05) is 0 Å². The second-order valence-corrected chi connectivity index (χ2v) is 4.91. The second kappa shape index (κ2) is 2.62. The second-order valence-electron chi connectivity index (χ2n) is 4.91. The van der Waals surface area contributed by atoms with Gasteiger partial charge in [0, 0.05) is 0 Å². The molecule has 0 saturated heterocycles. The van der Waals surface area contributed by atoms with Gasteiger partial charge in [-0.25, -0.2) is 0 Å². The van der Waals surface area contributed by atoms with Crippen LogP contribution in [0.2, 0.25) is 0 Å². The number of carboxylic acid groups (broad SMARTS) is 1. The molecule has 2 bridgehead atoms. The Kier molecular flexibility index (Phi) is 1.78. The molecule has 15 heavy (non-hydrogen) atoms. The lowest BCUT2D eigenvalue weighted by Gasteiger charge is -2.41. The van der Waals surface area contributed by atoms with Crippen LogP contribution in [0, 0.1) is 22.7 Å². The molecule has 2 aliphatic rings. The van der Waals surface area contributed by atoms with Gasteiger partial charge in [0.05, 0.1) is 10.8 Å². The summed E-state index contributed by atoms with van der Waals surface area (Å²) < 4.78 is 0. The number of rotatable bonds is 2. The van der Waals surface area contributed by atoms with Gasteiger partial charge in [0.25, 0.3) is 0 Å². The van der Waals surface area contributed by atoms with E-state index in [-0.39, 0.29) is 11.8 Å². The Bertz CT molecular complexity index is 342. The van der Waals surface area contributed by atoms with Gasteiger partial charge >= 0.3 is 5.97 Å². The quantitative estimate of drug-likeness (QED) is 0.659. The molecular weight excluding hydrogens is 194 g/mol. The highest BCUT2D eigenvalue weighted by molar-refractivity contribution is 5.91. The largest absolute Gasteiger partial charge is 0.481 e. The maximum absolute atomic E-state index is 11.6. The van der Waals surface area contributed by atoms with Gasteiger partial charge in [-0.15, -0.1) is 0 Å². The summed E-state index contributed by atoms with van der Waals surface area (Å²) in [6.45, 7) is 3.31. The first-order valence-electron chi connectivity index (χ1n) is 5.06. The van der Waals surface area contributed by atoms with E-state index in [1.54, 1.807) is 13.8 Å². The number of aliphatic carboxylic acids is 1. The standard InChI is InChI=1S/C11H15NO3/c1-10(8(12)13)6-3-4-7(5-6)11(10,2)9(14)15/h3-4,6-7H,5H2,1-2H3,(H2,12,13)(H,14,15). The third kappa shape index (κ3) is 0.874. The highest BCUT2D eigenvalue weighted by atomic mass is 16.4. The fourth-order valence-corrected chi connectivity index (χ4v) is 3.14. The Labute approximate surface area is 88.1 Å². The first-order chi connectivity index (χ1) is 6.85. The molecule has 4 unspecified atom stereocenters. The first-order valence-corrected chi connectivity index (χ1v) is 5.06. The smallest absolute Gasteiger partial charge is 0.311 e. The predicted octanol–water partition coefficient (Wildman–Crippen LogP) is 0.775. The number of hydrogen-bond donors (Lipinski definition) is 2. The maximum Gasteiger partial charge on any atom is 0.311 e. The lowest BCUT2D eigenvalue weighted by Crippen LogP contribution is -2.54. The summed E-state index contributed by atoms with van der Waals surface area (Å²) in [4.78, 5) is 22.9. The van der Waals surface area contributed by atoms with Crippen molar-refractivity contribution in [1.29, 1.82) is 0 Å². The summed E-state index contributed by atoms with van der Waals surface area (Å²) in [5.41, 5.74) is 3.38. The highest BCUT2D eigenvalue weighted by Gasteiger charge is 2.67. The topological polar surface area (TPSA) is 80.4 Å². The van der Waals surface area contributed by atoms with Crippen LogP contribution in [-0.4, -0.2) is 17.0 Å². The average Bonchev–Trinajstić information content (AvgIpc) is 2.69. The van der Waals surface area contributed by atoms with E-state index in [1.807, 2.05) is 12.2 Å². The van der Waals surface area contributed by atoms with Crippen LogP contribution in [0.1, 0.15) is 20.3 Å². The van der Waals surface area contributed by atoms with E-state index >= 15 is 0 Å². The minimum atomic E-state index is -1.06. The summed E-state index contributed by atoms with van der Waals surface area (Å²) in [6.07, 6.45) is 4.56. The van der Waals surface area contributed by atoms with Crippen LogP contribution in [-0.2, 0) is 9.59 Å². The van der Waals surface area contributed by atoms with Crippen molar-refractivity contribution >= 4 is 11.9 Å². The Morgan fingerprint density at radius 2 is 1.73 bits per heavy atom. The van der Waals surface area contributed by atoms with Gasteiger partial charge in [-0.1, -0.05) is 12.2 Å². The molecule has 82 valence electrons. The maximum atomic E-state index is 11.6. The van der Waals surface area contributed by atoms with Crippen LogP contribution >= 0.6 is 0 Å².